The SMILES string of the molecule is CCOC(=O)c1c(-c2ccccc2Cl)csc1/N=C\C=C\c1ccccc1[N+](=O)[O-]. The predicted octanol–water partition coefficient (Wildman–Crippen LogP) is 6.57. The molecule has 8 heteroatoms. The lowest BCUT2D eigenvalue weighted by atomic mass is 10.0. The standard InChI is InChI=1S/C22H17ClN2O4S/c1-2-29-22(26)20-17(16-10-4-5-11-18(16)23)14-30-21(20)24-13-7-9-15-8-3-6-12-19(15)25(27)28/h3-14H,2H2,1H3/b9-7+,24-13-. The fourth-order valence-electron chi connectivity index (χ4n) is 2.77. The number of ether oxygens (including phenoxy) is 1. The molecule has 2 aromatic carbocycles. The molecule has 0 aliphatic carbocycles. The van der Waals surface area contributed by atoms with Gasteiger partial charge in [0.2, 0.25) is 0 Å². The number of carbonyl (C=O) groups is 1. The Morgan fingerprint density at radius 3 is 2.67 bits per heavy atom. The summed E-state index contributed by atoms with van der Waals surface area (Å²) in [5.74, 6) is -0.483. The van der Waals surface area contributed by atoms with Crippen molar-refractivity contribution in [1.82, 2.24) is 0 Å². The number of carbonyl (C=O) groups excluding carboxylic acids is 1. The molecule has 30 heavy (non-hydrogen) atoms. The monoisotopic (exact) mass is 440 g/mol. The Hall–Kier alpha value is -3.29. The van der Waals surface area contributed by atoms with Crippen molar-refractivity contribution in [3.05, 3.63) is 86.3 Å². The minimum absolute atomic E-state index is 0.00601. The molecule has 1 aromatic heterocycles. The molecule has 0 saturated heterocycles. The van der Waals surface area contributed by atoms with Crippen LogP contribution in [0.3, 0.4) is 0 Å². The van der Waals surface area contributed by atoms with Gasteiger partial charge in [0.05, 0.1) is 17.1 Å². The van der Waals surface area contributed by atoms with Crippen molar-refractivity contribution in [1.29, 1.82) is 0 Å². The Kier molecular flexibility index (Phi) is 7.11. The number of aliphatic imine (C=N–C) groups is 1. The molecule has 152 valence electrons. The number of para-hydroxylation sites is 1. The topological polar surface area (TPSA) is 81.8 Å². The molecule has 0 aliphatic heterocycles. The first kappa shape index (κ1) is 21.4. The summed E-state index contributed by atoms with van der Waals surface area (Å²) in [6, 6.07) is 13.6. The van der Waals surface area contributed by atoms with Crippen LogP contribution in [0.1, 0.15) is 22.8 Å². The number of rotatable bonds is 7. The molecular weight excluding hydrogens is 424 g/mol. The van der Waals surface area contributed by atoms with Crippen molar-refractivity contribution in [2.45, 2.75) is 6.92 Å². The average molecular weight is 441 g/mol. The van der Waals surface area contributed by atoms with Crippen LogP contribution in [0.4, 0.5) is 10.7 Å². The average Bonchev–Trinajstić information content (AvgIpc) is 3.15. The van der Waals surface area contributed by atoms with E-state index < -0.39 is 10.9 Å². The van der Waals surface area contributed by atoms with Crippen molar-refractivity contribution in [3.63, 3.8) is 0 Å². The quantitative estimate of drug-likeness (QED) is 0.180. The number of nitrogens with zero attached hydrogens (tertiary/aromatic N) is 2. The van der Waals surface area contributed by atoms with E-state index in [0.717, 1.165) is 5.56 Å². The van der Waals surface area contributed by atoms with Gasteiger partial charge in [-0.05, 0) is 31.2 Å². The lowest BCUT2D eigenvalue weighted by molar-refractivity contribution is -0.385. The van der Waals surface area contributed by atoms with Gasteiger partial charge in [0, 0.05) is 33.8 Å². The van der Waals surface area contributed by atoms with E-state index in [2.05, 4.69) is 4.99 Å². The van der Waals surface area contributed by atoms with Crippen LogP contribution in [0.25, 0.3) is 17.2 Å². The van der Waals surface area contributed by atoms with Gasteiger partial charge in [0.1, 0.15) is 10.6 Å². The molecule has 3 rings (SSSR count). The van der Waals surface area contributed by atoms with Crippen molar-refractivity contribution < 1.29 is 14.5 Å². The van der Waals surface area contributed by atoms with E-state index in [-0.39, 0.29) is 12.3 Å². The molecule has 1 heterocycles. The number of benzene rings is 2. The van der Waals surface area contributed by atoms with E-state index in [9.17, 15) is 14.9 Å². The second-order valence-electron chi connectivity index (χ2n) is 5.98. The lowest BCUT2D eigenvalue weighted by Crippen LogP contribution is -2.05. The van der Waals surface area contributed by atoms with Crippen LogP contribution >= 0.6 is 22.9 Å². The first-order valence-corrected chi connectivity index (χ1v) is 10.3. The summed E-state index contributed by atoms with van der Waals surface area (Å²) in [4.78, 5) is 27.6. The maximum atomic E-state index is 12.6. The number of hydrogen-bond acceptors (Lipinski definition) is 6. The number of esters is 1. The Morgan fingerprint density at radius 2 is 1.93 bits per heavy atom. The highest BCUT2D eigenvalue weighted by Crippen LogP contribution is 2.40. The van der Waals surface area contributed by atoms with Crippen molar-refractivity contribution in [2.75, 3.05) is 6.61 Å². The molecule has 0 atom stereocenters. The summed E-state index contributed by atoms with van der Waals surface area (Å²) in [7, 11) is 0. The normalized spacial score (nSPS) is 11.3. The molecule has 0 fully saturated rings. The maximum Gasteiger partial charge on any atom is 0.341 e. The van der Waals surface area contributed by atoms with Crippen LogP contribution in [0.5, 0.6) is 0 Å². The van der Waals surface area contributed by atoms with Crippen LogP contribution < -0.4 is 0 Å². The summed E-state index contributed by atoms with van der Waals surface area (Å²) in [6.07, 6.45) is 4.67. The molecule has 3 aromatic rings. The molecule has 0 amide bonds. The molecule has 0 saturated carbocycles. The summed E-state index contributed by atoms with van der Waals surface area (Å²) in [5.41, 5.74) is 2.17. The first-order valence-electron chi connectivity index (χ1n) is 9.00. The highest BCUT2D eigenvalue weighted by molar-refractivity contribution is 7.14. The van der Waals surface area contributed by atoms with Crippen LogP contribution in [-0.4, -0.2) is 23.7 Å². The van der Waals surface area contributed by atoms with Crippen LogP contribution in [0, 0.1) is 10.1 Å². The largest absolute Gasteiger partial charge is 0.462 e. The van der Waals surface area contributed by atoms with E-state index in [1.165, 1.54) is 23.6 Å². The van der Waals surface area contributed by atoms with Crippen LogP contribution in [0.15, 0.2) is 65.0 Å². The predicted molar refractivity (Wildman–Crippen MR) is 121 cm³/mol. The Labute approximate surface area is 182 Å². The van der Waals surface area contributed by atoms with E-state index in [4.69, 9.17) is 16.3 Å². The number of nitro groups is 1. The molecule has 0 N–H and O–H groups in total. The number of nitro benzene ring substituents is 1. The molecular formula is C22H17ClN2O4S. The Bertz CT molecular complexity index is 1140. The number of halogens is 1. The summed E-state index contributed by atoms with van der Waals surface area (Å²) < 4.78 is 5.20. The minimum Gasteiger partial charge on any atom is -0.462 e. The van der Waals surface area contributed by atoms with Crippen LogP contribution in [0.2, 0.25) is 5.02 Å². The third-order valence-electron chi connectivity index (χ3n) is 4.10. The highest BCUT2D eigenvalue weighted by Gasteiger charge is 2.22. The van der Waals surface area contributed by atoms with E-state index in [1.54, 1.807) is 43.3 Å². The summed E-state index contributed by atoms with van der Waals surface area (Å²) >= 11 is 7.59. The lowest BCUT2D eigenvalue weighted by Gasteiger charge is -2.07. The van der Waals surface area contributed by atoms with E-state index in [1.807, 2.05) is 23.6 Å². The highest BCUT2D eigenvalue weighted by atomic mass is 35.5. The summed E-state index contributed by atoms with van der Waals surface area (Å²) in [5, 5.41) is 13.9. The van der Waals surface area contributed by atoms with Crippen LogP contribution in [-0.2, 0) is 4.74 Å². The molecule has 0 radical (unpaired) electrons. The Morgan fingerprint density at radius 1 is 1.20 bits per heavy atom. The smallest absolute Gasteiger partial charge is 0.341 e. The van der Waals surface area contributed by atoms with E-state index >= 15 is 0 Å². The van der Waals surface area contributed by atoms with Crippen molar-refractivity contribution >= 4 is 51.9 Å². The molecule has 0 unspecified atom stereocenters. The second kappa shape index (κ2) is 9.96. The van der Waals surface area contributed by atoms with Gasteiger partial charge in [-0.1, -0.05) is 41.9 Å². The van der Waals surface area contributed by atoms with Crippen molar-refractivity contribution in [2.24, 2.45) is 4.99 Å². The van der Waals surface area contributed by atoms with Crippen molar-refractivity contribution in [3.8, 4) is 11.1 Å². The zero-order valence-corrected chi connectivity index (χ0v) is 17.5. The van der Waals surface area contributed by atoms with Gasteiger partial charge in [-0.15, -0.1) is 11.3 Å². The summed E-state index contributed by atoms with van der Waals surface area (Å²) in [6.45, 7) is 1.97. The molecule has 0 aliphatic rings. The van der Waals surface area contributed by atoms with Gasteiger partial charge in [0.15, 0.2) is 0 Å². The Balaban J connectivity index is 1.94. The fourth-order valence-corrected chi connectivity index (χ4v) is 3.92. The van der Waals surface area contributed by atoms with Gasteiger partial charge < -0.3 is 4.74 Å². The number of thiophene rings is 1. The molecule has 0 bridgehead atoms. The fraction of sp³-hybridized carbons (Fsp3) is 0.0909. The van der Waals surface area contributed by atoms with Gasteiger partial charge in [-0.2, -0.15) is 0 Å². The molecule has 0 spiro atoms. The van der Waals surface area contributed by atoms with Gasteiger partial charge in [-0.3, -0.25) is 10.1 Å². The zero-order valence-electron chi connectivity index (χ0n) is 15.9. The van der Waals surface area contributed by atoms with Gasteiger partial charge in [-0.25, -0.2) is 9.79 Å². The number of hydrogen-bond donors (Lipinski definition) is 0. The van der Waals surface area contributed by atoms with Gasteiger partial charge in [0.25, 0.3) is 5.69 Å². The third-order valence-corrected chi connectivity index (χ3v) is 5.32. The first-order chi connectivity index (χ1) is 14.5. The third kappa shape index (κ3) is 4.82. The van der Waals surface area contributed by atoms with Gasteiger partial charge >= 0.3 is 5.97 Å². The minimum atomic E-state index is -0.483. The maximum absolute atomic E-state index is 12.6. The number of allylic oxidation sites excluding steroid dienone is 1. The van der Waals surface area contributed by atoms with E-state index in [0.29, 0.717) is 26.7 Å². The zero-order chi connectivity index (χ0) is 21.5. The molecule has 6 nitrogen and oxygen atoms in total. The second-order valence-corrected chi connectivity index (χ2v) is 7.25.